The highest BCUT2D eigenvalue weighted by molar-refractivity contribution is 5.86. The van der Waals surface area contributed by atoms with Gasteiger partial charge in [-0.2, -0.15) is 0 Å². The van der Waals surface area contributed by atoms with Crippen molar-refractivity contribution in [3.8, 4) is 0 Å². The summed E-state index contributed by atoms with van der Waals surface area (Å²) < 4.78 is 5.17. The van der Waals surface area contributed by atoms with E-state index in [1.165, 1.54) is 6.08 Å². The lowest BCUT2D eigenvalue weighted by atomic mass is 10.3. The van der Waals surface area contributed by atoms with Gasteiger partial charge in [-0.3, -0.25) is 4.79 Å². The Morgan fingerprint density at radius 3 is 2.69 bits per heavy atom. The quantitative estimate of drug-likeness (QED) is 0.447. The standard InChI is InChI=1S/C10H19NO2/c1-4-7-8-11(9-13-6-3)10(12)5-2/h5H,2,4,6-9H2,1,3H3. The molecule has 3 nitrogen and oxygen atoms in total. The average Bonchev–Trinajstić information content (AvgIpc) is 2.17. The van der Waals surface area contributed by atoms with Crippen molar-refractivity contribution in [2.75, 3.05) is 19.9 Å². The van der Waals surface area contributed by atoms with Crippen LogP contribution in [0.5, 0.6) is 0 Å². The molecule has 0 atom stereocenters. The summed E-state index contributed by atoms with van der Waals surface area (Å²) in [5, 5.41) is 0. The molecule has 3 heteroatoms. The van der Waals surface area contributed by atoms with Gasteiger partial charge in [0.1, 0.15) is 6.73 Å². The van der Waals surface area contributed by atoms with E-state index in [4.69, 9.17) is 4.74 Å². The summed E-state index contributed by atoms with van der Waals surface area (Å²) >= 11 is 0. The Balaban J connectivity index is 3.86. The molecule has 0 heterocycles. The fourth-order valence-electron chi connectivity index (χ4n) is 0.918. The largest absolute Gasteiger partial charge is 0.361 e. The van der Waals surface area contributed by atoms with E-state index in [0.29, 0.717) is 13.3 Å². The summed E-state index contributed by atoms with van der Waals surface area (Å²) in [5.74, 6) is -0.0538. The topological polar surface area (TPSA) is 29.5 Å². The second-order valence-electron chi connectivity index (χ2n) is 2.78. The Morgan fingerprint density at radius 2 is 2.23 bits per heavy atom. The van der Waals surface area contributed by atoms with Crippen LogP contribution in [0.25, 0.3) is 0 Å². The highest BCUT2D eigenvalue weighted by atomic mass is 16.5. The number of nitrogens with zero attached hydrogens (tertiary/aromatic N) is 1. The van der Waals surface area contributed by atoms with Crippen LogP contribution in [-0.4, -0.2) is 30.7 Å². The van der Waals surface area contributed by atoms with Gasteiger partial charge in [-0.15, -0.1) is 0 Å². The molecule has 0 aliphatic rings. The minimum atomic E-state index is -0.0538. The van der Waals surface area contributed by atoms with Crippen LogP contribution in [0.15, 0.2) is 12.7 Å². The number of carbonyl (C=O) groups excluding carboxylic acids is 1. The minimum Gasteiger partial charge on any atom is -0.361 e. The lowest BCUT2D eigenvalue weighted by Crippen LogP contribution is -2.32. The van der Waals surface area contributed by atoms with Crippen LogP contribution >= 0.6 is 0 Å². The van der Waals surface area contributed by atoms with Crippen molar-refractivity contribution in [2.45, 2.75) is 26.7 Å². The molecule has 0 bridgehead atoms. The monoisotopic (exact) mass is 185 g/mol. The number of ether oxygens (including phenoxy) is 1. The Bertz CT molecular complexity index is 149. The normalized spacial score (nSPS) is 9.69. The van der Waals surface area contributed by atoms with E-state index in [1.54, 1.807) is 4.90 Å². The lowest BCUT2D eigenvalue weighted by molar-refractivity contribution is -0.131. The molecule has 0 rings (SSSR count). The molecule has 0 aromatic carbocycles. The molecule has 13 heavy (non-hydrogen) atoms. The van der Waals surface area contributed by atoms with E-state index >= 15 is 0 Å². The molecular weight excluding hydrogens is 166 g/mol. The van der Waals surface area contributed by atoms with Crippen molar-refractivity contribution in [3.05, 3.63) is 12.7 Å². The van der Waals surface area contributed by atoms with Gasteiger partial charge < -0.3 is 9.64 Å². The Labute approximate surface area is 80.4 Å². The van der Waals surface area contributed by atoms with E-state index in [0.717, 1.165) is 19.4 Å². The van der Waals surface area contributed by atoms with Gasteiger partial charge in [0.15, 0.2) is 0 Å². The molecule has 0 radical (unpaired) electrons. The van der Waals surface area contributed by atoms with Crippen LogP contribution in [0.2, 0.25) is 0 Å². The highest BCUT2D eigenvalue weighted by Gasteiger charge is 2.08. The number of hydrogen-bond acceptors (Lipinski definition) is 2. The van der Waals surface area contributed by atoms with Crippen LogP contribution < -0.4 is 0 Å². The molecule has 0 N–H and O–H groups in total. The van der Waals surface area contributed by atoms with Gasteiger partial charge >= 0.3 is 0 Å². The Morgan fingerprint density at radius 1 is 1.54 bits per heavy atom. The zero-order valence-corrected chi connectivity index (χ0v) is 8.58. The molecule has 76 valence electrons. The first-order valence-corrected chi connectivity index (χ1v) is 4.75. The Hall–Kier alpha value is -0.830. The van der Waals surface area contributed by atoms with E-state index in [1.807, 2.05) is 6.92 Å². The number of rotatable bonds is 7. The zero-order chi connectivity index (χ0) is 10.1. The number of unbranched alkanes of at least 4 members (excludes halogenated alkanes) is 1. The third-order valence-corrected chi connectivity index (χ3v) is 1.72. The molecule has 0 fully saturated rings. The molecular formula is C10H19NO2. The van der Waals surface area contributed by atoms with Gasteiger partial charge in [0.2, 0.25) is 5.91 Å². The summed E-state index contributed by atoms with van der Waals surface area (Å²) in [6.07, 6.45) is 3.41. The smallest absolute Gasteiger partial charge is 0.247 e. The summed E-state index contributed by atoms with van der Waals surface area (Å²) in [7, 11) is 0. The number of hydrogen-bond donors (Lipinski definition) is 0. The fraction of sp³-hybridized carbons (Fsp3) is 0.700. The van der Waals surface area contributed by atoms with E-state index in [9.17, 15) is 4.79 Å². The maximum absolute atomic E-state index is 11.3. The maximum atomic E-state index is 11.3. The van der Waals surface area contributed by atoms with Crippen molar-refractivity contribution in [2.24, 2.45) is 0 Å². The van der Waals surface area contributed by atoms with Gasteiger partial charge in [-0.05, 0) is 19.4 Å². The summed E-state index contributed by atoms with van der Waals surface area (Å²) in [4.78, 5) is 12.9. The predicted octanol–water partition coefficient (Wildman–Crippen LogP) is 1.80. The molecule has 0 unspecified atom stereocenters. The van der Waals surface area contributed by atoms with E-state index < -0.39 is 0 Å². The zero-order valence-electron chi connectivity index (χ0n) is 8.58. The number of carbonyl (C=O) groups is 1. The average molecular weight is 185 g/mol. The van der Waals surface area contributed by atoms with Crippen molar-refractivity contribution in [1.29, 1.82) is 0 Å². The second kappa shape index (κ2) is 7.80. The third-order valence-electron chi connectivity index (χ3n) is 1.72. The highest BCUT2D eigenvalue weighted by Crippen LogP contribution is 1.97. The SMILES string of the molecule is C=CC(=O)N(CCCC)COCC. The van der Waals surface area contributed by atoms with Gasteiger partial charge in [-0.25, -0.2) is 0 Å². The fourth-order valence-corrected chi connectivity index (χ4v) is 0.918. The maximum Gasteiger partial charge on any atom is 0.247 e. The van der Waals surface area contributed by atoms with Crippen LogP contribution in [0.1, 0.15) is 26.7 Å². The number of amides is 1. The van der Waals surface area contributed by atoms with Crippen molar-refractivity contribution in [1.82, 2.24) is 4.90 Å². The first-order chi connectivity index (χ1) is 6.26. The van der Waals surface area contributed by atoms with Gasteiger partial charge in [0, 0.05) is 13.2 Å². The van der Waals surface area contributed by atoms with E-state index in [2.05, 4.69) is 13.5 Å². The first-order valence-electron chi connectivity index (χ1n) is 4.75. The predicted molar refractivity (Wildman–Crippen MR) is 53.3 cm³/mol. The molecule has 0 aromatic rings. The molecule has 0 saturated carbocycles. The van der Waals surface area contributed by atoms with Crippen LogP contribution in [-0.2, 0) is 9.53 Å². The Kier molecular flexibility index (Phi) is 7.30. The molecule has 0 spiro atoms. The van der Waals surface area contributed by atoms with Gasteiger partial charge in [-0.1, -0.05) is 19.9 Å². The van der Waals surface area contributed by atoms with Crippen molar-refractivity contribution < 1.29 is 9.53 Å². The summed E-state index contributed by atoms with van der Waals surface area (Å²) in [6, 6.07) is 0. The molecule has 0 aliphatic carbocycles. The minimum absolute atomic E-state index is 0.0538. The van der Waals surface area contributed by atoms with Crippen LogP contribution in [0.3, 0.4) is 0 Å². The first kappa shape index (κ1) is 12.2. The van der Waals surface area contributed by atoms with Crippen LogP contribution in [0.4, 0.5) is 0 Å². The van der Waals surface area contributed by atoms with Crippen molar-refractivity contribution >= 4 is 5.91 Å². The third kappa shape index (κ3) is 5.42. The molecule has 0 aromatic heterocycles. The molecule has 1 amide bonds. The van der Waals surface area contributed by atoms with E-state index in [-0.39, 0.29) is 5.91 Å². The summed E-state index contributed by atoms with van der Waals surface area (Å²) in [5.41, 5.74) is 0. The van der Waals surface area contributed by atoms with Crippen molar-refractivity contribution in [3.63, 3.8) is 0 Å². The molecule has 0 aliphatic heterocycles. The lowest BCUT2D eigenvalue weighted by Gasteiger charge is -2.20. The van der Waals surface area contributed by atoms with Gasteiger partial charge in [0.25, 0.3) is 0 Å². The van der Waals surface area contributed by atoms with Gasteiger partial charge in [0.05, 0.1) is 0 Å². The van der Waals surface area contributed by atoms with Crippen LogP contribution in [0, 0.1) is 0 Å². The molecule has 0 saturated heterocycles. The second-order valence-corrected chi connectivity index (χ2v) is 2.78. The summed E-state index contributed by atoms with van der Waals surface area (Å²) in [6.45, 7) is 9.22.